The Bertz CT molecular complexity index is 110. The largest absolute Gasteiger partial charge is 0.161 e. The Morgan fingerprint density at radius 1 is 1.42 bits per heavy atom. The second kappa shape index (κ2) is 6.31. The van der Waals surface area contributed by atoms with Gasteiger partial charge >= 0.3 is 0 Å². The van der Waals surface area contributed by atoms with Crippen molar-refractivity contribution in [2.24, 2.45) is 11.8 Å². The molecule has 0 nitrogen and oxygen atoms in total. The van der Waals surface area contributed by atoms with Crippen molar-refractivity contribution in [1.82, 2.24) is 0 Å². The predicted molar refractivity (Wildman–Crippen MR) is 62.2 cm³/mol. The predicted octanol–water partition coefficient (Wildman–Crippen LogP) is 3.94. The fourth-order valence-electron chi connectivity index (χ4n) is 1.66. The molecule has 12 heavy (non-hydrogen) atoms. The molecule has 0 spiro atoms. The van der Waals surface area contributed by atoms with E-state index in [9.17, 15) is 0 Å². The lowest BCUT2D eigenvalue weighted by molar-refractivity contribution is 0.621. The van der Waals surface area contributed by atoms with Crippen LogP contribution in [0.15, 0.2) is 0 Å². The molecule has 1 aliphatic rings. The van der Waals surface area contributed by atoms with Crippen LogP contribution >= 0.6 is 27.7 Å². The second-order valence-corrected chi connectivity index (χ2v) is 5.67. The first-order chi connectivity index (χ1) is 5.83. The zero-order chi connectivity index (χ0) is 8.81. The van der Waals surface area contributed by atoms with Gasteiger partial charge in [0.05, 0.1) is 0 Å². The molecule has 1 unspecified atom stereocenters. The average molecular weight is 251 g/mol. The molecule has 1 saturated carbocycles. The van der Waals surface area contributed by atoms with Crippen LogP contribution in [0.25, 0.3) is 0 Å². The molecule has 0 bridgehead atoms. The van der Waals surface area contributed by atoms with Gasteiger partial charge in [-0.3, -0.25) is 0 Å². The fraction of sp³-hybridized carbons (Fsp3) is 1.00. The molecule has 2 heteroatoms. The summed E-state index contributed by atoms with van der Waals surface area (Å²) in [4.78, 5) is 0. The van der Waals surface area contributed by atoms with Crippen molar-refractivity contribution in [2.45, 2.75) is 32.6 Å². The van der Waals surface area contributed by atoms with Crippen molar-refractivity contribution in [2.75, 3.05) is 16.8 Å². The minimum absolute atomic E-state index is 0.844. The quantitative estimate of drug-likeness (QED) is 0.667. The van der Waals surface area contributed by atoms with Crippen LogP contribution < -0.4 is 0 Å². The first-order valence-electron chi connectivity index (χ1n) is 4.96. The second-order valence-electron chi connectivity index (χ2n) is 3.95. The van der Waals surface area contributed by atoms with E-state index in [1.807, 2.05) is 0 Å². The topological polar surface area (TPSA) is 0 Å². The van der Waals surface area contributed by atoms with Gasteiger partial charge in [0.15, 0.2) is 0 Å². The Hall–Kier alpha value is 0.830. The Morgan fingerprint density at radius 2 is 2.08 bits per heavy atom. The molecule has 0 N–H and O–H groups in total. The lowest BCUT2D eigenvalue weighted by Crippen LogP contribution is -2.03. The van der Waals surface area contributed by atoms with Crippen LogP contribution in [0.1, 0.15) is 32.6 Å². The summed E-state index contributed by atoms with van der Waals surface area (Å²) in [5.41, 5.74) is 0. The van der Waals surface area contributed by atoms with Crippen LogP contribution in [-0.4, -0.2) is 16.8 Å². The fourth-order valence-corrected chi connectivity index (χ4v) is 3.51. The maximum absolute atomic E-state index is 3.52. The highest BCUT2D eigenvalue weighted by Gasteiger charge is 2.14. The number of alkyl halides is 1. The van der Waals surface area contributed by atoms with Gasteiger partial charge < -0.3 is 0 Å². The average Bonchev–Trinajstić information content (AvgIpc) is 2.57. The van der Waals surface area contributed by atoms with Crippen LogP contribution in [0.5, 0.6) is 0 Å². The highest BCUT2D eigenvalue weighted by molar-refractivity contribution is 9.09. The third-order valence-electron chi connectivity index (χ3n) is 2.49. The van der Waals surface area contributed by atoms with Gasteiger partial charge in [-0.15, -0.1) is 0 Å². The molecule has 0 heterocycles. The summed E-state index contributed by atoms with van der Waals surface area (Å²) in [5.74, 6) is 4.65. The van der Waals surface area contributed by atoms with Crippen LogP contribution in [0.3, 0.4) is 0 Å². The number of thioether (sulfide) groups is 1. The molecule has 0 radical (unpaired) electrons. The maximum Gasteiger partial charge on any atom is 0.00649 e. The van der Waals surface area contributed by atoms with Crippen molar-refractivity contribution < 1.29 is 0 Å². The maximum atomic E-state index is 3.52. The molecule has 0 aromatic carbocycles. The van der Waals surface area contributed by atoms with Gasteiger partial charge in [0, 0.05) is 5.33 Å². The summed E-state index contributed by atoms with van der Waals surface area (Å²) in [7, 11) is 0. The van der Waals surface area contributed by atoms with Crippen LogP contribution in [0.2, 0.25) is 0 Å². The number of halogens is 1. The van der Waals surface area contributed by atoms with Gasteiger partial charge in [-0.2, -0.15) is 11.8 Å². The number of hydrogen-bond donors (Lipinski definition) is 0. The van der Waals surface area contributed by atoms with Crippen LogP contribution in [0, 0.1) is 11.8 Å². The number of rotatable bonds is 5. The zero-order valence-electron chi connectivity index (χ0n) is 7.89. The lowest BCUT2D eigenvalue weighted by atomic mass is 10.1. The third-order valence-corrected chi connectivity index (χ3v) is 5.11. The molecule has 0 aliphatic heterocycles. The van der Waals surface area contributed by atoms with E-state index in [1.165, 1.54) is 37.2 Å². The van der Waals surface area contributed by atoms with E-state index < -0.39 is 0 Å². The molecule has 0 aromatic rings. The Labute approximate surface area is 89.0 Å². The summed E-state index contributed by atoms with van der Waals surface area (Å²) in [6.07, 6.45) is 5.96. The van der Waals surface area contributed by atoms with E-state index in [4.69, 9.17) is 0 Å². The van der Waals surface area contributed by atoms with Gasteiger partial charge in [-0.05, 0) is 36.2 Å². The molecule has 1 aliphatic carbocycles. The summed E-state index contributed by atoms with van der Waals surface area (Å²) in [5, 5.41) is 1.16. The van der Waals surface area contributed by atoms with Gasteiger partial charge in [-0.25, -0.2) is 0 Å². The summed E-state index contributed by atoms with van der Waals surface area (Å²) < 4.78 is 0. The van der Waals surface area contributed by atoms with E-state index in [0.717, 1.165) is 17.2 Å². The van der Waals surface area contributed by atoms with Gasteiger partial charge in [0.1, 0.15) is 0 Å². The monoisotopic (exact) mass is 250 g/mol. The van der Waals surface area contributed by atoms with E-state index in [1.54, 1.807) is 0 Å². The van der Waals surface area contributed by atoms with Crippen molar-refractivity contribution >= 4 is 27.7 Å². The van der Waals surface area contributed by atoms with Crippen molar-refractivity contribution in [3.05, 3.63) is 0 Å². The Morgan fingerprint density at radius 3 is 2.67 bits per heavy atom. The Kier molecular flexibility index (Phi) is 5.73. The molecular weight excluding hydrogens is 232 g/mol. The highest BCUT2D eigenvalue weighted by Crippen LogP contribution is 2.28. The zero-order valence-corrected chi connectivity index (χ0v) is 10.3. The smallest absolute Gasteiger partial charge is 0.00649 e. The first kappa shape index (κ1) is 10.9. The molecule has 1 atom stereocenters. The minimum Gasteiger partial charge on any atom is -0.161 e. The summed E-state index contributed by atoms with van der Waals surface area (Å²) in [6, 6.07) is 0. The Balaban J connectivity index is 1.94. The molecule has 0 saturated heterocycles. The molecule has 1 fully saturated rings. The van der Waals surface area contributed by atoms with Gasteiger partial charge in [0.2, 0.25) is 0 Å². The molecule has 72 valence electrons. The van der Waals surface area contributed by atoms with Crippen LogP contribution in [0.4, 0.5) is 0 Å². The van der Waals surface area contributed by atoms with Gasteiger partial charge in [-0.1, -0.05) is 35.7 Å². The van der Waals surface area contributed by atoms with Crippen molar-refractivity contribution in [3.8, 4) is 0 Å². The molecule has 1 rings (SSSR count). The summed E-state index contributed by atoms with van der Waals surface area (Å²) >= 11 is 5.67. The molecule has 0 amide bonds. The lowest BCUT2D eigenvalue weighted by Gasteiger charge is -2.10. The van der Waals surface area contributed by atoms with E-state index in [-0.39, 0.29) is 0 Å². The first-order valence-corrected chi connectivity index (χ1v) is 7.24. The van der Waals surface area contributed by atoms with Crippen LogP contribution in [-0.2, 0) is 0 Å². The summed E-state index contributed by atoms with van der Waals surface area (Å²) in [6.45, 7) is 2.32. The third kappa shape index (κ3) is 4.18. The normalized spacial score (nSPS) is 21.5. The van der Waals surface area contributed by atoms with E-state index >= 15 is 0 Å². The minimum atomic E-state index is 0.844. The van der Waals surface area contributed by atoms with E-state index in [0.29, 0.717) is 0 Å². The van der Waals surface area contributed by atoms with Crippen molar-refractivity contribution in [1.29, 1.82) is 0 Å². The molecular formula is C10H19BrS. The van der Waals surface area contributed by atoms with E-state index in [2.05, 4.69) is 34.6 Å². The van der Waals surface area contributed by atoms with Gasteiger partial charge in [0.25, 0.3) is 0 Å². The standard InChI is InChI=1S/C10H19BrS/c1-9(6-11)7-12-8-10-4-2-3-5-10/h9-10H,2-8H2,1H3. The molecule has 0 aromatic heterocycles. The van der Waals surface area contributed by atoms with Crippen molar-refractivity contribution in [3.63, 3.8) is 0 Å². The highest BCUT2D eigenvalue weighted by atomic mass is 79.9. The SMILES string of the molecule is CC(CBr)CSCC1CCCC1. The number of hydrogen-bond acceptors (Lipinski definition) is 1.